The normalized spacial score (nSPS) is 17.2. The fraction of sp³-hybridized carbons (Fsp3) is 0.667. The molecule has 0 aliphatic carbocycles. The average Bonchev–Trinajstić information content (AvgIpc) is 2.12. The highest BCUT2D eigenvalue weighted by molar-refractivity contribution is 6.67. The third-order valence-electron chi connectivity index (χ3n) is 2.13. The first kappa shape index (κ1) is 13.5. The van der Waals surface area contributed by atoms with Gasteiger partial charge in [-0.1, -0.05) is 6.58 Å². The Morgan fingerprint density at radius 1 is 1.64 bits per heavy atom. The van der Waals surface area contributed by atoms with Gasteiger partial charge in [0, 0.05) is 7.11 Å². The molecule has 0 amide bonds. The zero-order valence-electron chi connectivity index (χ0n) is 9.16. The van der Waals surface area contributed by atoms with E-state index in [2.05, 4.69) is 6.58 Å². The minimum Gasteiger partial charge on any atom is -0.396 e. The Morgan fingerprint density at radius 3 is 2.43 bits per heavy atom. The van der Waals surface area contributed by atoms with Gasteiger partial charge in [-0.2, -0.15) is 0 Å². The minimum absolute atomic E-state index is 0.0726. The van der Waals surface area contributed by atoms with Crippen molar-refractivity contribution in [1.82, 2.24) is 0 Å². The second kappa shape index (κ2) is 5.40. The summed E-state index contributed by atoms with van der Waals surface area (Å²) in [5, 5.41) is 9.40. The Kier molecular flexibility index (Phi) is 5.21. The highest BCUT2D eigenvalue weighted by Gasteiger charge is 2.37. The van der Waals surface area contributed by atoms with Crippen LogP contribution >= 0.6 is 0 Å². The smallest absolute Gasteiger partial charge is 0.364 e. The molecular formula is C9H18O4Si. The molecule has 0 radical (unpaired) electrons. The van der Waals surface area contributed by atoms with Crippen LogP contribution in [0.1, 0.15) is 13.8 Å². The standard InChI is InChI=1S/C9H18O4Si/c1-7(2)9(11)6-13-14(5,12-4)8(3)10/h8,10H,1,6H2,2-5H3. The Morgan fingerprint density at radius 2 is 2.14 bits per heavy atom. The fourth-order valence-electron chi connectivity index (χ4n) is 0.682. The first-order valence-electron chi connectivity index (χ1n) is 4.39. The highest BCUT2D eigenvalue weighted by atomic mass is 28.4. The maximum atomic E-state index is 11.2. The van der Waals surface area contributed by atoms with Gasteiger partial charge in [0.25, 0.3) is 0 Å². The first-order chi connectivity index (χ1) is 6.33. The topological polar surface area (TPSA) is 55.8 Å². The Labute approximate surface area is 85.8 Å². The van der Waals surface area contributed by atoms with Crippen molar-refractivity contribution in [2.24, 2.45) is 0 Å². The van der Waals surface area contributed by atoms with E-state index >= 15 is 0 Å². The molecule has 0 rings (SSSR count). The summed E-state index contributed by atoms with van der Waals surface area (Å²) in [5.74, 6) is -0.165. The maximum Gasteiger partial charge on any atom is 0.364 e. The van der Waals surface area contributed by atoms with E-state index in [-0.39, 0.29) is 12.4 Å². The molecule has 2 unspecified atom stereocenters. The van der Waals surface area contributed by atoms with E-state index in [1.54, 1.807) is 20.4 Å². The van der Waals surface area contributed by atoms with Gasteiger partial charge in [-0.05, 0) is 26.0 Å². The number of aliphatic hydroxyl groups excluding tert-OH is 1. The molecular weight excluding hydrogens is 200 g/mol. The summed E-state index contributed by atoms with van der Waals surface area (Å²) in [4.78, 5) is 11.2. The van der Waals surface area contributed by atoms with Crippen LogP contribution in [0.15, 0.2) is 12.2 Å². The van der Waals surface area contributed by atoms with Crippen molar-refractivity contribution in [2.75, 3.05) is 13.7 Å². The zero-order valence-corrected chi connectivity index (χ0v) is 10.2. The molecule has 0 heterocycles. The molecule has 0 saturated carbocycles. The summed E-state index contributed by atoms with van der Waals surface area (Å²) in [6, 6.07) is 0. The molecule has 0 spiro atoms. The second-order valence-corrected chi connectivity index (χ2v) is 6.95. The van der Waals surface area contributed by atoms with Crippen LogP contribution in [-0.4, -0.2) is 38.9 Å². The summed E-state index contributed by atoms with van der Waals surface area (Å²) in [6.45, 7) is 8.37. The van der Waals surface area contributed by atoms with E-state index in [4.69, 9.17) is 8.85 Å². The molecule has 0 aromatic heterocycles. The number of ketones is 1. The van der Waals surface area contributed by atoms with Crippen LogP contribution in [0.2, 0.25) is 6.55 Å². The summed E-state index contributed by atoms with van der Waals surface area (Å²) in [7, 11) is -1.14. The molecule has 2 atom stereocenters. The third kappa shape index (κ3) is 3.71. The number of rotatable bonds is 6. The molecule has 4 nitrogen and oxygen atoms in total. The van der Waals surface area contributed by atoms with E-state index in [9.17, 15) is 9.90 Å². The molecule has 0 aromatic carbocycles. The van der Waals surface area contributed by atoms with Gasteiger partial charge in [0.2, 0.25) is 0 Å². The quantitative estimate of drug-likeness (QED) is 0.529. The summed E-state index contributed by atoms with van der Waals surface area (Å²) in [6.07, 6.45) is 0. The fourth-order valence-corrected chi connectivity index (χ4v) is 1.80. The van der Waals surface area contributed by atoms with Crippen molar-refractivity contribution in [3.8, 4) is 0 Å². The minimum atomic E-state index is -2.62. The molecule has 5 heteroatoms. The molecule has 82 valence electrons. The number of Topliss-reactive ketones (excluding diaryl/α,β-unsaturated/α-hetero) is 1. The van der Waals surface area contributed by atoms with Crippen LogP contribution < -0.4 is 0 Å². The van der Waals surface area contributed by atoms with Crippen LogP contribution in [0.4, 0.5) is 0 Å². The molecule has 0 aliphatic rings. The number of hydrogen-bond donors (Lipinski definition) is 1. The van der Waals surface area contributed by atoms with Crippen LogP contribution in [-0.2, 0) is 13.6 Å². The van der Waals surface area contributed by atoms with Crippen LogP contribution in [0.5, 0.6) is 0 Å². The Bertz CT molecular complexity index is 227. The number of aliphatic hydroxyl groups is 1. The van der Waals surface area contributed by atoms with Gasteiger partial charge in [0.05, 0.1) is 12.3 Å². The number of carbonyl (C=O) groups is 1. The Balaban J connectivity index is 4.22. The van der Waals surface area contributed by atoms with Crippen LogP contribution in [0.25, 0.3) is 0 Å². The highest BCUT2D eigenvalue weighted by Crippen LogP contribution is 2.11. The van der Waals surface area contributed by atoms with Crippen molar-refractivity contribution >= 4 is 14.3 Å². The maximum absolute atomic E-state index is 11.2. The van der Waals surface area contributed by atoms with Crippen molar-refractivity contribution in [3.05, 3.63) is 12.2 Å². The van der Waals surface area contributed by atoms with Crippen molar-refractivity contribution in [3.63, 3.8) is 0 Å². The summed E-state index contributed by atoms with van der Waals surface area (Å²) >= 11 is 0. The van der Waals surface area contributed by atoms with Crippen molar-refractivity contribution in [2.45, 2.75) is 26.1 Å². The molecule has 0 aliphatic heterocycles. The van der Waals surface area contributed by atoms with Crippen molar-refractivity contribution in [1.29, 1.82) is 0 Å². The Hall–Kier alpha value is -0.493. The number of carbonyl (C=O) groups excluding carboxylic acids is 1. The van der Waals surface area contributed by atoms with Gasteiger partial charge in [-0.25, -0.2) is 0 Å². The van der Waals surface area contributed by atoms with E-state index in [1.807, 2.05) is 0 Å². The lowest BCUT2D eigenvalue weighted by atomic mass is 10.2. The van der Waals surface area contributed by atoms with E-state index < -0.39 is 14.3 Å². The van der Waals surface area contributed by atoms with Gasteiger partial charge in [-0.3, -0.25) is 4.79 Å². The largest absolute Gasteiger partial charge is 0.396 e. The molecule has 14 heavy (non-hydrogen) atoms. The molecule has 0 bridgehead atoms. The van der Waals surface area contributed by atoms with Gasteiger partial charge < -0.3 is 14.0 Å². The lowest BCUT2D eigenvalue weighted by molar-refractivity contribution is -0.118. The van der Waals surface area contributed by atoms with Crippen LogP contribution in [0, 0.1) is 0 Å². The molecule has 0 saturated heterocycles. The molecule has 1 N–H and O–H groups in total. The average molecular weight is 218 g/mol. The van der Waals surface area contributed by atoms with Gasteiger partial charge in [0.15, 0.2) is 5.78 Å². The van der Waals surface area contributed by atoms with E-state index in [0.717, 1.165) is 0 Å². The van der Waals surface area contributed by atoms with Gasteiger partial charge >= 0.3 is 8.56 Å². The van der Waals surface area contributed by atoms with Crippen LogP contribution in [0.3, 0.4) is 0 Å². The molecule has 0 aromatic rings. The lowest BCUT2D eigenvalue weighted by Crippen LogP contribution is -2.49. The monoisotopic (exact) mass is 218 g/mol. The summed E-state index contributed by atoms with van der Waals surface area (Å²) in [5.41, 5.74) is -0.228. The van der Waals surface area contributed by atoms with Crippen molar-refractivity contribution < 1.29 is 18.8 Å². The second-order valence-electron chi connectivity index (χ2n) is 3.39. The summed E-state index contributed by atoms with van der Waals surface area (Å²) < 4.78 is 10.4. The van der Waals surface area contributed by atoms with Gasteiger partial charge in [-0.15, -0.1) is 0 Å². The SMILES string of the molecule is C=C(C)C(=O)CO[Si](C)(OC)C(C)O. The first-order valence-corrected chi connectivity index (χ1v) is 6.78. The lowest BCUT2D eigenvalue weighted by Gasteiger charge is -2.27. The third-order valence-corrected chi connectivity index (χ3v) is 5.18. The van der Waals surface area contributed by atoms with E-state index in [1.165, 1.54) is 7.11 Å². The molecule has 0 fully saturated rings. The number of hydrogen-bond acceptors (Lipinski definition) is 4. The zero-order chi connectivity index (χ0) is 11.4. The van der Waals surface area contributed by atoms with Gasteiger partial charge in [0.1, 0.15) is 0 Å². The van der Waals surface area contributed by atoms with E-state index in [0.29, 0.717) is 5.57 Å². The predicted molar refractivity (Wildman–Crippen MR) is 56.1 cm³/mol. The predicted octanol–water partition coefficient (Wildman–Crippen LogP) is 0.787.